The summed E-state index contributed by atoms with van der Waals surface area (Å²) >= 11 is 0. The van der Waals surface area contributed by atoms with Gasteiger partial charge in [-0.3, -0.25) is 78.6 Å². The largest absolute Gasteiger partial charge is 0.472 e. The third-order valence-electron chi connectivity index (χ3n) is 16.8. The molecule has 50 heteroatoms. The number of nitrogens with one attached hydrogen (secondary N) is 2. The van der Waals surface area contributed by atoms with Gasteiger partial charge in [-0.1, -0.05) is 13.8 Å². The third kappa shape index (κ3) is 15.8. The maximum absolute atomic E-state index is 17.1. The summed E-state index contributed by atoms with van der Waals surface area (Å²) in [6.07, 6.45) is -26.8. The fraction of sp³-hybridized carbons (Fsp3) is 0.580. The van der Waals surface area contributed by atoms with E-state index in [0.717, 1.165) is 81.9 Å². The Labute approximate surface area is 557 Å². The predicted molar refractivity (Wildman–Crippen MR) is 326 cm³/mol. The SMILES string of the molecule is CO[C@H]1C(OP(=O)(O)OC[C@H]2O[C@@H](n3ccc(=O)[nH]c3=O)[C@@H](F)C2OP(=O)(O)OC[C@H]2O[C@@H](n3ccc(N)nc3=O)[C@@H](OC)C2OP(=O)(O)OC[C@H]2O[C@@H](n3cnc4c(N)ncnc43)[C@@H](F)C2OP(=O)(O)OC[C@H]2O[C@@H](n3ccc(N)nc3=O)[C@@H](C)C2C)[C@@H](C)O[C@H]1n1ccc(=O)[nH]c1=O. The monoisotopic (exact) mass is 1500 g/mol. The summed E-state index contributed by atoms with van der Waals surface area (Å²) in [5, 5.41) is 0. The summed E-state index contributed by atoms with van der Waals surface area (Å²) in [6.45, 7) is 0.233. The Morgan fingerprint density at radius 1 is 0.490 bits per heavy atom. The van der Waals surface area contributed by atoms with Crippen molar-refractivity contribution in [2.45, 2.75) is 131 Å². The zero-order valence-electron chi connectivity index (χ0n) is 52.4. The van der Waals surface area contributed by atoms with E-state index in [4.69, 9.17) is 86.5 Å². The molecule has 12 N–H and O–H groups in total. The molecule has 548 valence electrons. The number of phosphoric ester groups is 4. The van der Waals surface area contributed by atoms with Gasteiger partial charge in [-0.05, 0) is 25.0 Å². The molecule has 0 radical (unpaired) electrons. The summed E-state index contributed by atoms with van der Waals surface area (Å²) in [5.74, 6) is -1.39. The second-order valence-corrected chi connectivity index (χ2v) is 28.7. The van der Waals surface area contributed by atoms with Crippen LogP contribution < -0.4 is 51.1 Å². The number of phosphoric acid groups is 4. The van der Waals surface area contributed by atoms with Crippen LogP contribution in [0.4, 0.5) is 26.2 Å². The fourth-order valence-electron chi connectivity index (χ4n) is 11.7. The third-order valence-corrected chi connectivity index (χ3v) is 20.7. The van der Waals surface area contributed by atoms with Crippen molar-refractivity contribution in [2.24, 2.45) is 11.8 Å². The maximum atomic E-state index is 17.1. The van der Waals surface area contributed by atoms with Crippen LogP contribution in [0.15, 0.2) is 90.5 Å². The first-order valence-electron chi connectivity index (χ1n) is 29.7. The first kappa shape index (κ1) is 74.3. The molecule has 0 aliphatic carbocycles. The summed E-state index contributed by atoms with van der Waals surface area (Å²) in [7, 11) is -20.4. The van der Waals surface area contributed by atoms with Crippen molar-refractivity contribution in [3.63, 3.8) is 0 Å². The molecule has 0 bridgehead atoms. The molecule has 6 aromatic heterocycles. The average molecular weight is 1500 g/mol. The van der Waals surface area contributed by atoms with Crippen LogP contribution in [-0.2, 0) is 87.6 Å². The summed E-state index contributed by atoms with van der Waals surface area (Å²) in [6, 6.07) is 4.24. The summed E-state index contributed by atoms with van der Waals surface area (Å²) < 4.78 is 178. The van der Waals surface area contributed by atoms with Crippen LogP contribution in [0.5, 0.6) is 0 Å². The van der Waals surface area contributed by atoms with Gasteiger partial charge in [0, 0.05) is 57.1 Å². The number of H-pyrrole nitrogens is 2. The van der Waals surface area contributed by atoms with Crippen molar-refractivity contribution < 1.29 is 116 Å². The Hall–Kier alpha value is -6.91. The highest BCUT2D eigenvalue weighted by molar-refractivity contribution is 7.48. The molecule has 24 atom stereocenters. The van der Waals surface area contributed by atoms with E-state index in [1.807, 2.05) is 9.97 Å². The first-order chi connectivity index (χ1) is 47.2. The van der Waals surface area contributed by atoms with Crippen molar-refractivity contribution in [3.8, 4) is 0 Å². The smallest absolute Gasteiger partial charge is 0.383 e. The number of hydrogen-bond acceptors (Lipinski definition) is 33. The molecule has 0 saturated carbocycles. The number of aromatic amines is 2. The van der Waals surface area contributed by atoms with E-state index in [-0.39, 0.29) is 28.6 Å². The van der Waals surface area contributed by atoms with Crippen LogP contribution in [0.2, 0.25) is 0 Å². The quantitative estimate of drug-likeness (QED) is 0.0270. The minimum atomic E-state index is -5.88. The number of alkyl halides is 2. The van der Waals surface area contributed by atoms with Crippen molar-refractivity contribution in [2.75, 3.05) is 57.8 Å². The molecule has 5 aliphatic heterocycles. The molecule has 5 fully saturated rings. The Morgan fingerprint density at radius 2 is 0.890 bits per heavy atom. The topological polar surface area (TPSA) is 589 Å². The van der Waals surface area contributed by atoms with E-state index in [2.05, 4.69) is 24.9 Å². The lowest BCUT2D eigenvalue weighted by Gasteiger charge is -2.27. The van der Waals surface area contributed by atoms with E-state index in [1.54, 1.807) is 13.8 Å². The Kier molecular flexibility index (Phi) is 21.9. The number of halogens is 2. The zero-order valence-corrected chi connectivity index (χ0v) is 56.0. The number of nitrogen functional groups attached to an aromatic ring is 3. The van der Waals surface area contributed by atoms with Gasteiger partial charge in [0.1, 0.15) is 84.6 Å². The van der Waals surface area contributed by atoms with Crippen LogP contribution in [0, 0.1) is 11.8 Å². The molecule has 44 nitrogen and oxygen atoms in total. The van der Waals surface area contributed by atoms with Gasteiger partial charge >= 0.3 is 54.0 Å². The highest BCUT2D eigenvalue weighted by Gasteiger charge is 2.57. The van der Waals surface area contributed by atoms with Gasteiger partial charge in [0.25, 0.3) is 11.1 Å². The van der Waals surface area contributed by atoms with Crippen LogP contribution in [0.3, 0.4) is 0 Å². The standard InChI is InChI=1S/C50H65F2N15O29P4/c1-20-21(2)42(63-10-6-27(53)59-47(63)70)89-23(20)14-84-98(76,77)95-36-25(91-44(32(36)52)67-19-58-33-40(55)56-18-57-41(33)67)16-86-100(80,81)96-37-26(92-46(39(37)83-5)65-11-7-28(54)60-48(65)71)17-87-99(78,79)94-35-24(90-43(31(35)51)64-12-8-29(68)61-49(64)72)15-85-97(74,75)93-34-22(3)88-45(38(34)82-4)66-13-9-30(69)62-50(66)73/h6-13,18-26,31-32,34-39,42-46H,14-17H2,1-5H3,(H,74,75)(H,76,77)(H,78,79)(H,80,81)(H2,53,59,70)(H2,54,60,71)(H2,55,56,57)(H,61,68,72)(H,62,69,73)/t20?,21-,22+,23+,24+,25+,26+,31-,32-,34?,35?,36?,37?,38-,39-,42+,43+,44+,45+,46+/m0/s1. The van der Waals surface area contributed by atoms with Crippen LogP contribution in [0.1, 0.15) is 51.9 Å². The number of imidazole rings is 1. The normalized spacial score (nSPS) is 33.1. The number of hydrogen-bond donors (Lipinski definition) is 9. The van der Waals surface area contributed by atoms with E-state index < -0.39 is 214 Å². The highest BCUT2D eigenvalue weighted by atomic mass is 31.2. The van der Waals surface area contributed by atoms with Crippen molar-refractivity contribution >= 4 is 59.9 Å². The van der Waals surface area contributed by atoms with E-state index in [1.165, 1.54) is 19.2 Å². The molecular formula is C50H65F2N15O29P4. The number of nitrogens with two attached hydrogens (primary N) is 3. The van der Waals surface area contributed by atoms with Gasteiger partial charge in [0.15, 0.2) is 48.7 Å². The number of methoxy groups -OCH3 is 2. The number of fused-ring (bicyclic) bond motifs is 1. The molecule has 11 rings (SSSR count). The number of aromatic nitrogens is 12. The molecule has 9 unspecified atom stereocenters. The first-order valence-corrected chi connectivity index (χ1v) is 35.6. The molecule has 5 aliphatic rings. The number of rotatable bonds is 27. The summed E-state index contributed by atoms with van der Waals surface area (Å²) in [5.41, 5.74) is 11.4. The predicted octanol–water partition coefficient (Wildman–Crippen LogP) is -1.32. The Balaban J connectivity index is 0.812. The van der Waals surface area contributed by atoms with Crippen molar-refractivity contribution in [1.29, 1.82) is 0 Å². The Bertz CT molecular complexity index is 4570. The molecular weight excluding hydrogens is 1440 g/mol. The molecule has 0 aromatic carbocycles. The van der Waals surface area contributed by atoms with Gasteiger partial charge in [-0.2, -0.15) is 9.97 Å². The molecule has 0 amide bonds. The lowest BCUT2D eigenvalue weighted by atomic mass is 9.93. The van der Waals surface area contributed by atoms with Gasteiger partial charge in [0.2, 0.25) is 0 Å². The van der Waals surface area contributed by atoms with E-state index in [0.29, 0.717) is 4.57 Å². The minimum absolute atomic E-state index is 0.0424. The number of ether oxygens (including phenoxy) is 7. The van der Waals surface area contributed by atoms with Gasteiger partial charge in [-0.25, -0.2) is 61.2 Å². The maximum Gasteiger partial charge on any atom is 0.472 e. The van der Waals surface area contributed by atoms with Crippen molar-refractivity contribution in [3.05, 3.63) is 124 Å². The van der Waals surface area contributed by atoms with Gasteiger partial charge in [-0.15, -0.1) is 0 Å². The number of anilines is 3. The average Bonchev–Trinajstić information content (AvgIpc) is 1.63. The van der Waals surface area contributed by atoms with Gasteiger partial charge < -0.3 is 69.9 Å². The minimum Gasteiger partial charge on any atom is -0.383 e. The van der Waals surface area contributed by atoms with E-state index in [9.17, 15) is 66.6 Å². The van der Waals surface area contributed by atoms with Crippen molar-refractivity contribution in [1.82, 2.24) is 57.7 Å². The van der Waals surface area contributed by atoms with Crippen LogP contribution in [-0.4, -0.2) is 197 Å². The molecule has 5 saturated heterocycles. The number of nitrogens with zero attached hydrogens (tertiary/aromatic N) is 10. The second-order valence-electron chi connectivity index (χ2n) is 23.0. The zero-order chi connectivity index (χ0) is 72.2. The molecule has 0 spiro atoms. The lowest BCUT2D eigenvalue weighted by Crippen LogP contribution is -2.39. The van der Waals surface area contributed by atoms with Gasteiger partial charge in [0.05, 0.1) is 45.0 Å². The Morgan fingerprint density at radius 3 is 1.38 bits per heavy atom. The highest BCUT2D eigenvalue weighted by Crippen LogP contribution is 2.56. The second kappa shape index (κ2) is 29.4. The van der Waals surface area contributed by atoms with Crippen LogP contribution >= 0.6 is 31.3 Å². The summed E-state index contributed by atoms with van der Waals surface area (Å²) in [4.78, 5) is 144. The molecule has 6 aromatic rings. The van der Waals surface area contributed by atoms with E-state index >= 15 is 8.78 Å². The fourth-order valence-corrected chi connectivity index (χ4v) is 15.6. The molecule has 11 heterocycles. The van der Waals surface area contributed by atoms with Crippen LogP contribution in [0.25, 0.3) is 11.2 Å². The lowest BCUT2D eigenvalue weighted by molar-refractivity contribution is -0.0670. The molecule has 100 heavy (non-hydrogen) atoms.